The molecule has 1 aliphatic heterocycles. The van der Waals surface area contributed by atoms with E-state index < -0.39 is 0 Å². The van der Waals surface area contributed by atoms with E-state index in [1.165, 1.54) is 0 Å². The van der Waals surface area contributed by atoms with Gasteiger partial charge < -0.3 is 15.4 Å². The van der Waals surface area contributed by atoms with Crippen LogP contribution < -0.4 is 15.4 Å². The fourth-order valence-electron chi connectivity index (χ4n) is 2.82. The number of amides is 1. The van der Waals surface area contributed by atoms with E-state index in [9.17, 15) is 4.79 Å². The number of fused-ring (bicyclic) bond motifs is 2. The summed E-state index contributed by atoms with van der Waals surface area (Å²) in [7, 11) is 0. The fraction of sp³-hybridized carbons (Fsp3) is 0.158. The van der Waals surface area contributed by atoms with Crippen LogP contribution in [0.5, 0.6) is 5.75 Å². The zero-order chi connectivity index (χ0) is 16.5. The molecule has 5 heteroatoms. The van der Waals surface area contributed by atoms with Crippen LogP contribution in [0.1, 0.15) is 18.5 Å². The minimum absolute atomic E-state index is 0.0443. The van der Waals surface area contributed by atoms with Gasteiger partial charge >= 0.3 is 0 Å². The molecule has 0 radical (unpaired) electrons. The van der Waals surface area contributed by atoms with Crippen LogP contribution in [0.3, 0.4) is 0 Å². The first kappa shape index (κ1) is 14.5. The number of carbonyl (C=O) groups excluding carboxylic acids is 1. The molecule has 0 fully saturated rings. The van der Waals surface area contributed by atoms with E-state index in [4.69, 9.17) is 4.74 Å². The van der Waals surface area contributed by atoms with Crippen molar-refractivity contribution >= 4 is 28.3 Å². The quantitative estimate of drug-likeness (QED) is 0.772. The molecule has 1 amide bonds. The van der Waals surface area contributed by atoms with E-state index in [1.54, 1.807) is 0 Å². The maximum absolute atomic E-state index is 11.5. The maximum atomic E-state index is 11.5. The molecule has 0 saturated heterocycles. The number of pyridine rings is 1. The Labute approximate surface area is 139 Å². The second-order valence-electron chi connectivity index (χ2n) is 5.85. The van der Waals surface area contributed by atoms with Crippen LogP contribution in [-0.4, -0.2) is 17.5 Å². The third-order valence-corrected chi connectivity index (χ3v) is 4.10. The van der Waals surface area contributed by atoms with Gasteiger partial charge in [-0.15, -0.1) is 0 Å². The highest BCUT2D eigenvalue weighted by Gasteiger charge is 2.17. The van der Waals surface area contributed by atoms with Gasteiger partial charge in [0.2, 0.25) is 0 Å². The third-order valence-electron chi connectivity index (χ3n) is 4.10. The van der Waals surface area contributed by atoms with Crippen molar-refractivity contribution < 1.29 is 9.53 Å². The van der Waals surface area contributed by atoms with Crippen LogP contribution >= 0.6 is 0 Å². The zero-order valence-electron chi connectivity index (χ0n) is 13.2. The molecule has 2 aromatic carbocycles. The Bertz CT molecular complexity index is 923. The number of nitrogens with zero attached hydrogens (tertiary/aromatic N) is 1. The van der Waals surface area contributed by atoms with Gasteiger partial charge in [-0.25, -0.2) is 4.98 Å². The SMILES string of the molecule is CC(Nc1ccc2ccccc2n1)c1ccc2c(c1)NC(=O)CO2. The average Bonchev–Trinajstić information content (AvgIpc) is 2.61. The summed E-state index contributed by atoms with van der Waals surface area (Å²) in [5, 5.41) is 7.35. The van der Waals surface area contributed by atoms with Gasteiger partial charge in [-0.05, 0) is 42.8 Å². The summed E-state index contributed by atoms with van der Waals surface area (Å²) in [4.78, 5) is 16.1. The number of benzene rings is 2. The second kappa shape index (κ2) is 5.85. The number of anilines is 2. The normalized spacial score (nSPS) is 14.5. The third kappa shape index (κ3) is 2.76. The summed E-state index contributed by atoms with van der Waals surface area (Å²) < 4.78 is 5.39. The summed E-state index contributed by atoms with van der Waals surface area (Å²) in [5.41, 5.74) is 2.72. The number of rotatable bonds is 3. The highest BCUT2D eigenvalue weighted by molar-refractivity contribution is 5.95. The van der Waals surface area contributed by atoms with Crippen molar-refractivity contribution in [3.05, 3.63) is 60.2 Å². The van der Waals surface area contributed by atoms with Crippen LogP contribution in [0.15, 0.2) is 54.6 Å². The molecule has 0 bridgehead atoms. The fourth-order valence-corrected chi connectivity index (χ4v) is 2.82. The van der Waals surface area contributed by atoms with Crippen molar-refractivity contribution in [3.63, 3.8) is 0 Å². The predicted molar refractivity (Wildman–Crippen MR) is 94.3 cm³/mol. The minimum Gasteiger partial charge on any atom is -0.482 e. The molecule has 120 valence electrons. The molecule has 0 spiro atoms. The minimum atomic E-state index is -0.128. The number of carbonyl (C=O) groups is 1. The van der Waals surface area contributed by atoms with Gasteiger partial charge in [0, 0.05) is 5.39 Å². The molecule has 1 aromatic heterocycles. The molecule has 5 nitrogen and oxygen atoms in total. The Hall–Kier alpha value is -3.08. The van der Waals surface area contributed by atoms with E-state index in [1.807, 2.05) is 48.5 Å². The van der Waals surface area contributed by atoms with E-state index in [0.29, 0.717) is 11.4 Å². The maximum Gasteiger partial charge on any atom is 0.262 e. The van der Waals surface area contributed by atoms with E-state index in [2.05, 4.69) is 28.6 Å². The lowest BCUT2D eigenvalue weighted by Crippen LogP contribution is -2.25. The van der Waals surface area contributed by atoms with Gasteiger partial charge in [0.1, 0.15) is 11.6 Å². The first-order valence-electron chi connectivity index (χ1n) is 7.88. The lowest BCUT2D eigenvalue weighted by Gasteiger charge is -2.21. The Morgan fingerprint density at radius 2 is 2.04 bits per heavy atom. The molecule has 24 heavy (non-hydrogen) atoms. The topological polar surface area (TPSA) is 63.2 Å². The molecular formula is C19H17N3O2. The summed E-state index contributed by atoms with van der Waals surface area (Å²) in [6, 6.07) is 17.9. The molecule has 2 heterocycles. The highest BCUT2D eigenvalue weighted by atomic mass is 16.5. The highest BCUT2D eigenvalue weighted by Crippen LogP contribution is 2.31. The van der Waals surface area contributed by atoms with Crippen LogP contribution in [0.2, 0.25) is 0 Å². The lowest BCUT2D eigenvalue weighted by atomic mass is 10.1. The Morgan fingerprint density at radius 3 is 2.96 bits per heavy atom. The molecular weight excluding hydrogens is 302 g/mol. The zero-order valence-corrected chi connectivity index (χ0v) is 13.2. The van der Waals surface area contributed by atoms with Crippen molar-refractivity contribution in [1.29, 1.82) is 0 Å². The van der Waals surface area contributed by atoms with Crippen LogP contribution in [-0.2, 0) is 4.79 Å². The first-order chi connectivity index (χ1) is 11.7. The van der Waals surface area contributed by atoms with Gasteiger partial charge in [-0.1, -0.05) is 24.3 Å². The van der Waals surface area contributed by atoms with Gasteiger partial charge in [-0.2, -0.15) is 0 Å². The molecule has 1 unspecified atom stereocenters. The van der Waals surface area contributed by atoms with Crippen molar-refractivity contribution in [2.75, 3.05) is 17.2 Å². The Morgan fingerprint density at radius 1 is 1.17 bits per heavy atom. The van der Waals surface area contributed by atoms with Crippen LogP contribution in [0, 0.1) is 0 Å². The van der Waals surface area contributed by atoms with E-state index in [0.717, 1.165) is 22.3 Å². The largest absolute Gasteiger partial charge is 0.482 e. The average molecular weight is 319 g/mol. The lowest BCUT2D eigenvalue weighted by molar-refractivity contribution is -0.118. The number of hydrogen-bond acceptors (Lipinski definition) is 4. The van der Waals surface area contributed by atoms with Gasteiger partial charge in [-0.3, -0.25) is 4.79 Å². The van der Waals surface area contributed by atoms with Gasteiger partial charge in [0.05, 0.1) is 17.2 Å². The molecule has 0 aliphatic carbocycles. The summed E-state index contributed by atoms with van der Waals surface area (Å²) in [5.74, 6) is 1.39. The molecule has 3 aromatic rings. The molecule has 1 aliphatic rings. The summed E-state index contributed by atoms with van der Waals surface area (Å²) in [6.07, 6.45) is 0. The smallest absolute Gasteiger partial charge is 0.262 e. The van der Waals surface area contributed by atoms with Crippen molar-refractivity contribution in [2.24, 2.45) is 0 Å². The first-order valence-corrected chi connectivity index (χ1v) is 7.88. The van der Waals surface area contributed by atoms with Gasteiger partial charge in [0.15, 0.2) is 6.61 Å². The molecule has 0 saturated carbocycles. The monoisotopic (exact) mass is 319 g/mol. The predicted octanol–water partition coefficient (Wildman–Crippen LogP) is 3.74. The second-order valence-corrected chi connectivity index (χ2v) is 5.85. The number of hydrogen-bond donors (Lipinski definition) is 2. The van der Waals surface area contributed by atoms with E-state index in [-0.39, 0.29) is 18.6 Å². The van der Waals surface area contributed by atoms with Gasteiger partial charge in [0.25, 0.3) is 5.91 Å². The number of aromatic nitrogens is 1. The summed E-state index contributed by atoms with van der Waals surface area (Å²) >= 11 is 0. The standard InChI is InChI=1S/C19H17N3O2/c1-12(14-6-8-17-16(10-14)22-19(23)11-24-17)20-18-9-7-13-4-2-3-5-15(13)21-18/h2-10,12H,11H2,1H3,(H,20,21)(H,22,23). The van der Waals surface area contributed by atoms with Crippen molar-refractivity contribution in [2.45, 2.75) is 13.0 Å². The number of nitrogens with one attached hydrogen (secondary N) is 2. The Kier molecular flexibility index (Phi) is 3.54. The molecule has 2 N–H and O–H groups in total. The van der Waals surface area contributed by atoms with Crippen LogP contribution in [0.4, 0.5) is 11.5 Å². The summed E-state index contributed by atoms with van der Waals surface area (Å²) in [6.45, 7) is 2.13. The van der Waals surface area contributed by atoms with Crippen molar-refractivity contribution in [3.8, 4) is 5.75 Å². The van der Waals surface area contributed by atoms with E-state index >= 15 is 0 Å². The van der Waals surface area contributed by atoms with Crippen molar-refractivity contribution in [1.82, 2.24) is 4.98 Å². The number of ether oxygens (including phenoxy) is 1. The molecule has 4 rings (SSSR count). The van der Waals surface area contributed by atoms with Crippen LogP contribution in [0.25, 0.3) is 10.9 Å². The molecule has 1 atom stereocenters. The number of para-hydroxylation sites is 1. The Balaban J connectivity index is 1.58.